The lowest BCUT2D eigenvalue weighted by Crippen LogP contribution is -2.49. The van der Waals surface area contributed by atoms with Crippen LogP contribution in [-0.2, 0) is 6.54 Å². The van der Waals surface area contributed by atoms with Crippen LogP contribution in [0, 0.1) is 17.7 Å². The first-order valence-electron chi connectivity index (χ1n) is 11.9. The number of carbonyl (C=O) groups is 1. The Hall–Kier alpha value is -2.80. The Bertz CT molecular complexity index is 1070. The summed E-state index contributed by atoms with van der Waals surface area (Å²) in [6.45, 7) is -0.648. The minimum absolute atomic E-state index is 0.134. The summed E-state index contributed by atoms with van der Waals surface area (Å²) < 4.78 is 88.7. The number of likely N-dealkylation sites (tertiary alicyclic amines) is 1. The summed E-state index contributed by atoms with van der Waals surface area (Å²) >= 11 is 0. The zero-order valence-corrected chi connectivity index (χ0v) is 19.9. The van der Waals surface area contributed by atoms with E-state index in [1.807, 2.05) is 0 Å². The number of halogens is 6. The van der Waals surface area contributed by atoms with Crippen LogP contribution in [0.4, 0.5) is 26.3 Å². The molecule has 1 saturated heterocycles. The van der Waals surface area contributed by atoms with Gasteiger partial charge >= 0.3 is 12.1 Å². The van der Waals surface area contributed by atoms with E-state index in [0.29, 0.717) is 31.2 Å². The first-order chi connectivity index (χ1) is 17.4. The van der Waals surface area contributed by atoms with Crippen molar-refractivity contribution in [1.29, 1.82) is 0 Å². The van der Waals surface area contributed by atoms with E-state index in [0.717, 1.165) is 11.0 Å². The van der Waals surface area contributed by atoms with Crippen LogP contribution in [0.5, 0.6) is 5.75 Å². The topological polar surface area (TPSA) is 93.6 Å². The number of amides is 1. The average Bonchev–Trinajstić information content (AvgIpc) is 3.23. The van der Waals surface area contributed by atoms with Gasteiger partial charge < -0.3 is 20.3 Å². The first kappa shape index (κ1) is 27.2. The van der Waals surface area contributed by atoms with Crippen molar-refractivity contribution >= 4 is 5.91 Å². The Morgan fingerprint density at radius 2 is 1.97 bits per heavy atom. The predicted octanol–water partition coefficient (Wildman–Crippen LogP) is 4.14. The fraction of sp³-hybridized carbons (Fsp3) is 0.583. The predicted molar refractivity (Wildman–Crippen MR) is 119 cm³/mol. The number of hydrogen-bond donors (Lipinski definition) is 2. The van der Waals surface area contributed by atoms with E-state index in [1.54, 1.807) is 0 Å². The van der Waals surface area contributed by atoms with Gasteiger partial charge in [-0.15, -0.1) is 0 Å². The van der Waals surface area contributed by atoms with Gasteiger partial charge in [0.2, 0.25) is 0 Å². The summed E-state index contributed by atoms with van der Waals surface area (Å²) in [5, 5.41) is 6.08. The van der Waals surface area contributed by atoms with Crippen LogP contribution in [0.15, 0.2) is 35.2 Å². The van der Waals surface area contributed by atoms with Crippen LogP contribution in [0.3, 0.4) is 0 Å². The molecule has 2 atom stereocenters. The molecular formula is C24H28F6N4O3. The highest BCUT2D eigenvalue weighted by atomic mass is 19.4. The number of hydrogen-bond acceptors (Lipinski definition) is 6. The number of alkyl halides is 5. The average molecular weight is 535 g/mol. The summed E-state index contributed by atoms with van der Waals surface area (Å²) in [5.74, 6) is -5.54. The van der Waals surface area contributed by atoms with Crippen molar-refractivity contribution in [2.24, 2.45) is 17.6 Å². The van der Waals surface area contributed by atoms with Crippen LogP contribution >= 0.6 is 0 Å². The largest absolute Gasteiger partial charge is 0.493 e. The van der Waals surface area contributed by atoms with E-state index in [2.05, 4.69) is 15.0 Å². The third-order valence-electron chi connectivity index (χ3n) is 7.17. The second-order valence-corrected chi connectivity index (χ2v) is 9.82. The smallest absolute Gasteiger partial charge is 0.454 e. The van der Waals surface area contributed by atoms with Gasteiger partial charge in [0.1, 0.15) is 17.8 Å². The number of aromatic nitrogens is 1. The highest BCUT2D eigenvalue weighted by molar-refractivity contribution is 5.94. The molecule has 13 heteroatoms. The normalized spacial score (nSPS) is 23.2. The monoisotopic (exact) mass is 534 g/mol. The van der Waals surface area contributed by atoms with E-state index in [4.69, 9.17) is 10.5 Å². The molecule has 0 radical (unpaired) electrons. The Kier molecular flexibility index (Phi) is 7.75. The van der Waals surface area contributed by atoms with E-state index in [9.17, 15) is 31.1 Å². The summed E-state index contributed by atoms with van der Waals surface area (Å²) in [6.07, 6.45) is -0.558. The summed E-state index contributed by atoms with van der Waals surface area (Å²) in [6, 6.07) is 3.92. The zero-order chi connectivity index (χ0) is 26.8. The molecule has 37 heavy (non-hydrogen) atoms. The standard InChI is InChI=1S/C24H28F6N4O3/c25-20-9-17(1-2-18(20)21(35)32-11-15-12-33-37-13-15)36-8-5-22(31)10-19(22)16-3-6-34(7-4-16)14-23(26,27)24(28,29)30/h1-2,9,12-13,16,19H,3-8,10-11,14,31H2,(H,32,35)/t19-,22+/m1/s1. The fourth-order valence-corrected chi connectivity index (χ4v) is 4.88. The molecule has 204 valence electrons. The Labute approximate surface area is 209 Å². The third-order valence-corrected chi connectivity index (χ3v) is 7.17. The molecule has 4 rings (SSSR count). The van der Waals surface area contributed by atoms with Gasteiger partial charge in [0.15, 0.2) is 0 Å². The van der Waals surface area contributed by atoms with E-state index >= 15 is 0 Å². The molecule has 2 aromatic rings. The van der Waals surface area contributed by atoms with Gasteiger partial charge in [-0.2, -0.15) is 22.0 Å². The number of rotatable bonds is 10. The molecule has 1 saturated carbocycles. The number of piperidine rings is 1. The maximum atomic E-state index is 14.4. The van der Waals surface area contributed by atoms with Crippen LogP contribution in [0.2, 0.25) is 0 Å². The summed E-state index contributed by atoms with van der Waals surface area (Å²) in [4.78, 5) is 13.3. The lowest BCUT2D eigenvalue weighted by Gasteiger charge is -2.35. The summed E-state index contributed by atoms with van der Waals surface area (Å²) in [7, 11) is 0. The SMILES string of the molecule is N[C@@]1(CCOc2ccc(C(=O)NCc3cnoc3)c(F)c2)C[C@@H]1C1CCN(CC(F)(F)C(F)(F)F)CC1. The third kappa shape index (κ3) is 6.56. The molecule has 0 bridgehead atoms. The maximum absolute atomic E-state index is 14.4. The number of nitrogens with zero attached hydrogens (tertiary/aromatic N) is 2. The second kappa shape index (κ2) is 10.5. The second-order valence-electron chi connectivity index (χ2n) is 9.82. The van der Waals surface area contributed by atoms with Crippen LogP contribution in [0.1, 0.15) is 41.6 Å². The van der Waals surface area contributed by atoms with Gasteiger partial charge in [-0.05, 0) is 62.7 Å². The molecule has 2 aliphatic rings. The fourth-order valence-electron chi connectivity index (χ4n) is 4.88. The van der Waals surface area contributed by atoms with Gasteiger partial charge in [0.25, 0.3) is 5.91 Å². The van der Waals surface area contributed by atoms with Crippen molar-refractivity contribution in [3.8, 4) is 5.75 Å². The molecule has 2 heterocycles. The van der Waals surface area contributed by atoms with Crippen molar-refractivity contribution in [1.82, 2.24) is 15.4 Å². The lowest BCUT2D eigenvalue weighted by molar-refractivity contribution is -0.287. The van der Waals surface area contributed by atoms with Gasteiger partial charge in [0, 0.05) is 23.7 Å². The molecule has 7 nitrogen and oxygen atoms in total. The molecular weight excluding hydrogens is 506 g/mol. The number of carbonyl (C=O) groups excluding carboxylic acids is 1. The van der Waals surface area contributed by atoms with Crippen molar-refractivity contribution in [3.63, 3.8) is 0 Å². The van der Waals surface area contributed by atoms with Gasteiger partial charge in [-0.1, -0.05) is 5.16 Å². The van der Waals surface area contributed by atoms with E-state index < -0.39 is 35.9 Å². The van der Waals surface area contributed by atoms with E-state index in [-0.39, 0.29) is 49.4 Å². The van der Waals surface area contributed by atoms with E-state index in [1.165, 1.54) is 24.6 Å². The minimum Gasteiger partial charge on any atom is -0.493 e. The van der Waals surface area contributed by atoms with Crippen LogP contribution in [-0.4, -0.2) is 59.8 Å². The lowest BCUT2D eigenvalue weighted by atomic mass is 9.89. The Morgan fingerprint density at radius 3 is 2.59 bits per heavy atom. The number of nitrogens with one attached hydrogen (secondary N) is 1. The molecule has 1 aromatic heterocycles. The molecule has 0 spiro atoms. The van der Waals surface area contributed by atoms with Crippen molar-refractivity contribution in [2.75, 3.05) is 26.2 Å². The number of benzene rings is 1. The highest BCUT2D eigenvalue weighted by Crippen LogP contribution is 2.51. The quantitative estimate of drug-likeness (QED) is 0.445. The molecule has 1 aromatic carbocycles. The van der Waals surface area contributed by atoms with Gasteiger partial charge in [-0.25, -0.2) is 4.39 Å². The van der Waals surface area contributed by atoms with Gasteiger partial charge in [0.05, 0.1) is 24.9 Å². The van der Waals surface area contributed by atoms with Crippen molar-refractivity contribution in [2.45, 2.75) is 49.9 Å². The Morgan fingerprint density at radius 1 is 1.24 bits per heavy atom. The number of nitrogens with two attached hydrogens (primary N) is 1. The highest BCUT2D eigenvalue weighted by Gasteiger charge is 2.59. The van der Waals surface area contributed by atoms with Crippen molar-refractivity contribution < 1.29 is 40.4 Å². The molecule has 0 unspecified atom stereocenters. The Balaban J connectivity index is 1.19. The minimum atomic E-state index is -5.55. The van der Waals surface area contributed by atoms with Crippen LogP contribution in [0.25, 0.3) is 0 Å². The molecule has 1 aliphatic carbocycles. The summed E-state index contributed by atoms with van der Waals surface area (Å²) in [5.41, 5.74) is 6.43. The number of ether oxygens (including phenoxy) is 1. The molecule has 2 fully saturated rings. The zero-order valence-electron chi connectivity index (χ0n) is 19.9. The first-order valence-corrected chi connectivity index (χ1v) is 11.9. The van der Waals surface area contributed by atoms with Gasteiger partial charge in [-0.3, -0.25) is 9.69 Å². The van der Waals surface area contributed by atoms with Crippen LogP contribution < -0.4 is 15.8 Å². The molecule has 1 amide bonds. The molecule has 1 aliphatic heterocycles. The maximum Gasteiger partial charge on any atom is 0.454 e. The van der Waals surface area contributed by atoms with Crippen molar-refractivity contribution in [3.05, 3.63) is 47.6 Å². The molecule has 3 N–H and O–H groups in total.